The summed E-state index contributed by atoms with van der Waals surface area (Å²) in [7, 11) is 0. The molecule has 1 amide bonds. The molecule has 3 aromatic carbocycles. The van der Waals surface area contributed by atoms with E-state index in [0.717, 1.165) is 16.7 Å². The molecule has 2 N–H and O–H groups in total. The average molecular weight is 466 g/mol. The summed E-state index contributed by atoms with van der Waals surface area (Å²) in [5.74, 6) is -0.182. The van der Waals surface area contributed by atoms with E-state index in [0.29, 0.717) is 21.4 Å². The average Bonchev–Trinajstić information content (AvgIpc) is 2.75. The minimum Gasteiger partial charge on any atom is -0.326 e. The number of benzene rings is 3. The van der Waals surface area contributed by atoms with Gasteiger partial charge in [0, 0.05) is 33.6 Å². The summed E-state index contributed by atoms with van der Waals surface area (Å²) in [6.45, 7) is 0. The lowest BCUT2D eigenvalue weighted by Crippen LogP contribution is -2.27. The van der Waals surface area contributed by atoms with Crippen LogP contribution in [0.5, 0.6) is 0 Å². The highest BCUT2D eigenvalue weighted by Crippen LogP contribution is 2.30. The first-order valence-corrected chi connectivity index (χ1v) is 10.4. The van der Waals surface area contributed by atoms with Gasteiger partial charge in [-0.05, 0) is 47.5 Å². The first kappa shape index (κ1) is 21.6. The minimum atomic E-state index is -0.532. The fourth-order valence-corrected chi connectivity index (χ4v) is 3.81. The Morgan fingerprint density at radius 2 is 1.72 bits per heavy atom. The van der Waals surface area contributed by atoms with Crippen LogP contribution in [0.25, 0.3) is 16.8 Å². The number of hydrogen-bond donors (Lipinski definition) is 2. The van der Waals surface area contributed by atoms with Crippen LogP contribution in [0.1, 0.15) is 5.56 Å². The molecule has 0 aliphatic carbocycles. The van der Waals surface area contributed by atoms with E-state index in [4.69, 9.17) is 23.2 Å². The van der Waals surface area contributed by atoms with Gasteiger partial charge in [0.2, 0.25) is 5.91 Å². The second-order valence-electron chi connectivity index (χ2n) is 7.08. The number of halogens is 2. The molecule has 160 valence electrons. The highest BCUT2D eigenvalue weighted by atomic mass is 35.5. The maximum Gasteiger partial charge on any atom is 0.332 e. The number of anilines is 1. The predicted molar refractivity (Wildman–Crippen MR) is 127 cm³/mol. The highest BCUT2D eigenvalue weighted by molar-refractivity contribution is 6.36. The van der Waals surface area contributed by atoms with Crippen LogP contribution in [0.4, 0.5) is 5.69 Å². The summed E-state index contributed by atoms with van der Waals surface area (Å²) >= 11 is 12.3. The quantitative estimate of drug-likeness (QED) is 0.448. The Balaban J connectivity index is 1.46. The minimum absolute atomic E-state index is 0.181. The van der Waals surface area contributed by atoms with Crippen molar-refractivity contribution in [2.45, 2.75) is 6.42 Å². The Hall–Kier alpha value is -3.61. The molecule has 0 unspecified atom stereocenters. The molecule has 0 aliphatic rings. The second kappa shape index (κ2) is 9.26. The zero-order valence-corrected chi connectivity index (χ0v) is 18.2. The molecule has 0 saturated heterocycles. The van der Waals surface area contributed by atoms with E-state index in [1.165, 1.54) is 16.8 Å². The van der Waals surface area contributed by atoms with Crippen molar-refractivity contribution < 1.29 is 4.79 Å². The van der Waals surface area contributed by atoms with Gasteiger partial charge in [-0.2, -0.15) is 0 Å². The fourth-order valence-electron chi connectivity index (χ4n) is 3.29. The Labute approximate surface area is 193 Å². The van der Waals surface area contributed by atoms with Gasteiger partial charge in [-0.25, -0.2) is 4.79 Å². The van der Waals surface area contributed by atoms with Crippen molar-refractivity contribution in [2.24, 2.45) is 0 Å². The lowest BCUT2D eigenvalue weighted by molar-refractivity contribution is -0.115. The number of hydrogen-bond acceptors (Lipinski definition) is 3. The van der Waals surface area contributed by atoms with Crippen molar-refractivity contribution in [3.8, 4) is 16.8 Å². The summed E-state index contributed by atoms with van der Waals surface area (Å²) in [6, 6.07) is 20.9. The van der Waals surface area contributed by atoms with Gasteiger partial charge in [0.15, 0.2) is 0 Å². The SMILES string of the molecule is O=C(Cc1cccc(-c2ccc(Cl)cc2Cl)c1)Nc1ccc(-n2ccc(=O)[nH]c2=O)cc1. The molecule has 0 fully saturated rings. The number of aromatic amines is 1. The molecule has 8 heteroatoms. The van der Waals surface area contributed by atoms with E-state index in [9.17, 15) is 14.4 Å². The van der Waals surface area contributed by atoms with Crippen LogP contribution in [0.3, 0.4) is 0 Å². The summed E-state index contributed by atoms with van der Waals surface area (Å²) in [4.78, 5) is 37.8. The standard InChI is InChI=1S/C24H17Cl2N3O3/c25-17-4-9-20(21(26)14-17)16-3-1-2-15(12-16)13-23(31)27-18-5-7-19(8-6-18)29-11-10-22(30)28-24(29)32/h1-12,14H,13H2,(H,27,31)(H,28,30,32). The number of H-pyrrole nitrogens is 1. The highest BCUT2D eigenvalue weighted by Gasteiger charge is 2.09. The van der Waals surface area contributed by atoms with Gasteiger partial charge in [-0.1, -0.05) is 53.5 Å². The first-order chi connectivity index (χ1) is 15.4. The third kappa shape index (κ3) is 4.99. The Kier molecular flexibility index (Phi) is 6.25. The molecule has 1 heterocycles. The number of rotatable bonds is 5. The van der Waals surface area contributed by atoms with E-state index in [2.05, 4.69) is 10.3 Å². The molecule has 1 aromatic heterocycles. The molecule has 0 aliphatic heterocycles. The summed E-state index contributed by atoms with van der Waals surface area (Å²) in [5.41, 5.74) is 2.74. The van der Waals surface area contributed by atoms with Crippen molar-refractivity contribution >= 4 is 34.8 Å². The number of carbonyl (C=O) groups excluding carboxylic acids is 1. The van der Waals surface area contributed by atoms with Crippen molar-refractivity contribution in [3.05, 3.63) is 115 Å². The molecular formula is C24H17Cl2N3O3. The maximum atomic E-state index is 12.5. The van der Waals surface area contributed by atoms with Crippen molar-refractivity contribution in [1.29, 1.82) is 0 Å². The van der Waals surface area contributed by atoms with E-state index in [1.807, 2.05) is 30.3 Å². The summed E-state index contributed by atoms with van der Waals surface area (Å²) in [6.07, 6.45) is 1.58. The van der Waals surface area contributed by atoms with Crippen LogP contribution in [0, 0.1) is 0 Å². The predicted octanol–water partition coefficient (Wildman–Crippen LogP) is 4.68. The molecule has 4 rings (SSSR count). The summed E-state index contributed by atoms with van der Waals surface area (Å²) < 4.78 is 1.31. The van der Waals surface area contributed by atoms with Gasteiger partial charge in [0.25, 0.3) is 5.56 Å². The van der Waals surface area contributed by atoms with Gasteiger partial charge in [-0.15, -0.1) is 0 Å². The molecule has 0 atom stereocenters. The molecule has 0 radical (unpaired) electrons. The lowest BCUT2D eigenvalue weighted by atomic mass is 10.0. The van der Waals surface area contributed by atoms with Gasteiger partial charge in [0.1, 0.15) is 0 Å². The molecule has 0 bridgehead atoms. The third-order valence-corrected chi connectivity index (χ3v) is 5.33. The lowest BCUT2D eigenvalue weighted by Gasteiger charge is -2.10. The van der Waals surface area contributed by atoms with Crippen molar-refractivity contribution in [2.75, 3.05) is 5.32 Å². The van der Waals surface area contributed by atoms with Gasteiger partial charge < -0.3 is 5.32 Å². The normalized spacial score (nSPS) is 10.7. The zero-order chi connectivity index (χ0) is 22.7. The molecule has 32 heavy (non-hydrogen) atoms. The number of nitrogens with zero attached hydrogens (tertiary/aromatic N) is 1. The largest absolute Gasteiger partial charge is 0.332 e. The van der Waals surface area contributed by atoms with Crippen molar-refractivity contribution in [3.63, 3.8) is 0 Å². The van der Waals surface area contributed by atoms with Gasteiger partial charge in [0.05, 0.1) is 12.1 Å². The molecule has 0 spiro atoms. The van der Waals surface area contributed by atoms with E-state index in [1.54, 1.807) is 36.4 Å². The second-order valence-corrected chi connectivity index (χ2v) is 7.92. The molecule has 4 aromatic rings. The van der Waals surface area contributed by atoms with Crippen molar-refractivity contribution in [1.82, 2.24) is 9.55 Å². The first-order valence-electron chi connectivity index (χ1n) is 9.66. The van der Waals surface area contributed by atoms with Crippen LogP contribution in [0.15, 0.2) is 88.6 Å². The molecule has 6 nitrogen and oxygen atoms in total. The smallest absolute Gasteiger partial charge is 0.326 e. The maximum absolute atomic E-state index is 12.5. The van der Waals surface area contributed by atoms with Crippen LogP contribution in [-0.2, 0) is 11.2 Å². The van der Waals surface area contributed by atoms with E-state index >= 15 is 0 Å². The Morgan fingerprint density at radius 3 is 2.44 bits per heavy atom. The van der Waals surface area contributed by atoms with Gasteiger partial charge >= 0.3 is 5.69 Å². The number of amides is 1. The Morgan fingerprint density at radius 1 is 0.938 bits per heavy atom. The topological polar surface area (TPSA) is 84.0 Å². The zero-order valence-electron chi connectivity index (χ0n) is 16.6. The summed E-state index contributed by atoms with van der Waals surface area (Å²) in [5, 5.41) is 3.95. The van der Waals surface area contributed by atoms with E-state index < -0.39 is 11.2 Å². The fraction of sp³-hybridized carbons (Fsp3) is 0.0417. The number of nitrogens with one attached hydrogen (secondary N) is 2. The van der Waals surface area contributed by atoms with Crippen LogP contribution in [0.2, 0.25) is 10.0 Å². The number of aromatic nitrogens is 2. The Bertz CT molecular complexity index is 1410. The molecular weight excluding hydrogens is 449 g/mol. The number of carbonyl (C=O) groups is 1. The third-order valence-electron chi connectivity index (χ3n) is 4.79. The van der Waals surface area contributed by atoms with E-state index in [-0.39, 0.29) is 12.3 Å². The van der Waals surface area contributed by atoms with Crippen LogP contribution >= 0.6 is 23.2 Å². The van der Waals surface area contributed by atoms with Gasteiger partial charge in [-0.3, -0.25) is 19.1 Å². The monoisotopic (exact) mass is 465 g/mol. The van der Waals surface area contributed by atoms with Crippen LogP contribution < -0.4 is 16.6 Å². The van der Waals surface area contributed by atoms with Crippen LogP contribution in [-0.4, -0.2) is 15.5 Å². The molecule has 0 saturated carbocycles.